The van der Waals surface area contributed by atoms with E-state index in [-0.39, 0.29) is 28.3 Å². The number of nitrogens with one attached hydrogen (secondary N) is 2. The van der Waals surface area contributed by atoms with Crippen LogP contribution in [-0.4, -0.2) is 42.5 Å². The summed E-state index contributed by atoms with van der Waals surface area (Å²) in [4.78, 5) is 30.1. The van der Waals surface area contributed by atoms with Crippen LogP contribution in [0.5, 0.6) is 0 Å². The van der Waals surface area contributed by atoms with E-state index in [0.29, 0.717) is 37.1 Å². The second-order valence-electron chi connectivity index (χ2n) is 8.64. The molecule has 0 spiro atoms. The zero-order valence-corrected chi connectivity index (χ0v) is 18.1. The maximum atomic E-state index is 15.1. The highest BCUT2D eigenvalue weighted by Crippen LogP contribution is 2.43. The number of alkyl halides is 3. The molecule has 2 amide bonds. The number of pyridine rings is 1. The molecule has 1 aromatic carbocycles. The molecule has 0 radical (unpaired) electrons. The topological polar surface area (TPSA) is 130 Å². The molecule has 0 unspecified atom stereocenters. The molecule has 2 aliphatic rings. The van der Waals surface area contributed by atoms with Crippen LogP contribution in [0.2, 0.25) is 0 Å². The van der Waals surface area contributed by atoms with Crippen molar-refractivity contribution in [3.05, 3.63) is 63.5 Å². The second-order valence-corrected chi connectivity index (χ2v) is 8.64. The number of nitrogens with zero attached hydrogens (tertiary/aromatic N) is 5. The van der Waals surface area contributed by atoms with E-state index in [2.05, 4.69) is 35.4 Å². The first-order chi connectivity index (χ1) is 17.2. The van der Waals surface area contributed by atoms with Gasteiger partial charge in [0.2, 0.25) is 5.65 Å². The van der Waals surface area contributed by atoms with Gasteiger partial charge >= 0.3 is 12.2 Å². The SMILES string of the molecule is O=C(Nc1cc(C(F)(F)F)c(-c2cnc3nonc3c2)cc1F)N1[C@H]2CC[C@@H]1c1n[nH]c(=O)cc1C2. The summed E-state index contributed by atoms with van der Waals surface area (Å²) in [6, 6.07) is 2.42. The normalized spacial score (nSPS) is 18.9. The number of benzene rings is 1. The van der Waals surface area contributed by atoms with Crippen LogP contribution in [-0.2, 0) is 12.6 Å². The number of carbonyl (C=O) groups is 1. The van der Waals surface area contributed by atoms with Crippen LogP contribution in [0.25, 0.3) is 22.3 Å². The lowest BCUT2D eigenvalue weighted by atomic mass is 9.98. The molecule has 0 saturated carbocycles. The molecule has 2 aliphatic heterocycles. The Morgan fingerprint density at radius 1 is 1.17 bits per heavy atom. The fraction of sp³-hybridized carbons (Fsp3) is 0.273. The second kappa shape index (κ2) is 7.83. The third-order valence-corrected chi connectivity index (χ3v) is 6.51. The van der Waals surface area contributed by atoms with Crippen molar-refractivity contribution in [1.82, 2.24) is 30.4 Å². The van der Waals surface area contributed by atoms with Gasteiger partial charge in [0.25, 0.3) is 5.56 Å². The minimum atomic E-state index is -4.86. The van der Waals surface area contributed by atoms with Gasteiger partial charge in [-0.1, -0.05) is 0 Å². The van der Waals surface area contributed by atoms with E-state index < -0.39 is 40.9 Å². The number of aromatic amines is 1. The third-order valence-electron chi connectivity index (χ3n) is 6.51. The predicted octanol–water partition coefficient (Wildman–Crippen LogP) is 3.82. The number of rotatable bonds is 2. The van der Waals surface area contributed by atoms with E-state index in [9.17, 15) is 22.8 Å². The molecule has 4 aromatic rings. The summed E-state index contributed by atoms with van der Waals surface area (Å²) in [5.41, 5.74) is -1.22. The number of anilines is 1. The van der Waals surface area contributed by atoms with Gasteiger partial charge in [-0.05, 0) is 58.9 Å². The maximum absolute atomic E-state index is 15.1. The van der Waals surface area contributed by atoms with E-state index >= 15 is 4.39 Å². The van der Waals surface area contributed by atoms with E-state index in [0.717, 1.165) is 11.8 Å². The third kappa shape index (κ3) is 3.56. The van der Waals surface area contributed by atoms with Crippen molar-refractivity contribution in [3.8, 4) is 11.1 Å². The number of aromatic nitrogens is 5. The Bertz CT molecular complexity index is 1580. The Labute approximate surface area is 198 Å². The van der Waals surface area contributed by atoms with Crippen molar-refractivity contribution in [3.63, 3.8) is 0 Å². The van der Waals surface area contributed by atoms with Gasteiger partial charge in [-0.25, -0.2) is 23.9 Å². The van der Waals surface area contributed by atoms with E-state index in [1.807, 2.05) is 0 Å². The molecule has 10 nitrogen and oxygen atoms in total. The number of fused-ring (bicyclic) bond motifs is 5. The number of carbonyl (C=O) groups excluding carboxylic acids is 1. The fourth-order valence-corrected chi connectivity index (χ4v) is 4.97. The van der Waals surface area contributed by atoms with Gasteiger partial charge in [-0.15, -0.1) is 0 Å². The number of hydrogen-bond donors (Lipinski definition) is 2. The summed E-state index contributed by atoms with van der Waals surface area (Å²) < 4.78 is 61.5. The number of urea groups is 1. The summed E-state index contributed by atoms with van der Waals surface area (Å²) in [5, 5.41) is 15.8. The standard InChI is InChI=1S/C22H15F4N7O3/c23-14-6-12(10-4-16-20(27-8-10)32-36-31-16)13(22(24,25)26)7-15(14)28-21(35)33-11-1-2-17(33)19-9(3-11)5-18(34)29-30-19/h4-8,11,17H,1-3H2,(H,28,35)(H,29,34)/t11-,17+/m0/s1. The van der Waals surface area contributed by atoms with Crippen molar-refractivity contribution in [1.29, 1.82) is 0 Å². The predicted molar refractivity (Wildman–Crippen MR) is 115 cm³/mol. The van der Waals surface area contributed by atoms with Gasteiger partial charge in [-0.2, -0.15) is 18.3 Å². The van der Waals surface area contributed by atoms with Crippen LogP contribution in [0.1, 0.15) is 35.7 Å². The molecule has 184 valence electrons. The molecule has 2 bridgehead atoms. The van der Waals surface area contributed by atoms with E-state index in [1.54, 1.807) is 0 Å². The minimum absolute atomic E-state index is 0.0481. The molecule has 3 aromatic heterocycles. The van der Waals surface area contributed by atoms with Crippen molar-refractivity contribution < 1.29 is 27.0 Å². The van der Waals surface area contributed by atoms with Crippen LogP contribution in [0, 0.1) is 5.82 Å². The monoisotopic (exact) mass is 501 g/mol. The Balaban J connectivity index is 1.35. The average molecular weight is 501 g/mol. The Kier molecular flexibility index (Phi) is 4.81. The van der Waals surface area contributed by atoms with Gasteiger partial charge < -0.3 is 10.2 Å². The van der Waals surface area contributed by atoms with Gasteiger partial charge in [0, 0.05) is 23.9 Å². The largest absolute Gasteiger partial charge is 0.417 e. The Morgan fingerprint density at radius 3 is 2.81 bits per heavy atom. The van der Waals surface area contributed by atoms with Crippen molar-refractivity contribution >= 4 is 22.9 Å². The van der Waals surface area contributed by atoms with Crippen LogP contribution >= 0.6 is 0 Å². The van der Waals surface area contributed by atoms with Gasteiger partial charge in [0.05, 0.1) is 23.0 Å². The first-order valence-corrected chi connectivity index (χ1v) is 10.9. The highest BCUT2D eigenvalue weighted by molar-refractivity contribution is 5.91. The molecular weight excluding hydrogens is 486 g/mol. The first kappa shape index (κ1) is 22.1. The Hall–Kier alpha value is -4.36. The molecule has 5 heterocycles. The lowest BCUT2D eigenvalue weighted by Gasteiger charge is -2.35. The molecule has 1 saturated heterocycles. The van der Waals surface area contributed by atoms with E-state index in [1.165, 1.54) is 17.0 Å². The minimum Gasteiger partial charge on any atom is -0.313 e. The van der Waals surface area contributed by atoms with Crippen LogP contribution in [0.3, 0.4) is 0 Å². The van der Waals surface area contributed by atoms with Crippen LogP contribution < -0.4 is 10.9 Å². The van der Waals surface area contributed by atoms with Gasteiger partial charge in [0.1, 0.15) is 5.82 Å². The lowest BCUT2D eigenvalue weighted by Crippen LogP contribution is -2.45. The lowest BCUT2D eigenvalue weighted by molar-refractivity contribution is -0.137. The average Bonchev–Trinajstić information content (AvgIpc) is 3.42. The van der Waals surface area contributed by atoms with Gasteiger partial charge in [0.15, 0.2) is 5.52 Å². The molecule has 0 aliphatic carbocycles. The number of amides is 2. The molecule has 2 atom stereocenters. The van der Waals surface area contributed by atoms with E-state index in [4.69, 9.17) is 0 Å². The van der Waals surface area contributed by atoms with Crippen molar-refractivity contribution in [2.24, 2.45) is 0 Å². The molecule has 14 heteroatoms. The maximum Gasteiger partial charge on any atom is 0.417 e. The summed E-state index contributed by atoms with van der Waals surface area (Å²) >= 11 is 0. The summed E-state index contributed by atoms with van der Waals surface area (Å²) in [6.45, 7) is 0. The molecule has 6 rings (SSSR count). The zero-order chi connectivity index (χ0) is 25.2. The molecule has 1 fully saturated rings. The molecular formula is C22H15F4N7O3. The highest BCUT2D eigenvalue weighted by atomic mass is 19.4. The summed E-state index contributed by atoms with van der Waals surface area (Å²) in [5.74, 6) is -1.06. The van der Waals surface area contributed by atoms with Crippen LogP contribution in [0.15, 0.2) is 39.9 Å². The fourth-order valence-electron chi connectivity index (χ4n) is 4.97. The quantitative estimate of drug-likeness (QED) is 0.400. The molecule has 36 heavy (non-hydrogen) atoms. The van der Waals surface area contributed by atoms with Crippen LogP contribution in [0.4, 0.5) is 28.0 Å². The number of H-pyrrole nitrogens is 1. The van der Waals surface area contributed by atoms with Crippen molar-refractivity contribution in [2.75, 3.05) is 5.32 Å². The zero-order valence-electron chi connectivity index (χ0n) is 18.1. The smallest absolute Gasteiger partial charge is 0.313 e. The highest BCUT2D eigenvalue weighted by Gasteiger charge is 2.44. The first-order valence-electron chi connectivity index (χ1n) is 10.9. The summed E-state index contributed by atoms with van der Waals surface area (Å²) in [6.07, 6.45) is -2.21. The van der Waals surface area contributed by atoms with Crippen molar-refractivity contribution in [2.45, 2.75) is 37.5 Å². The Morgan fingerprint density at radius 2 is 2.00 bits per heavy atom. The number of hydrogen-bond acceptors (Lipinski definition) is 7. The summed E-state index contributed by atoms with van der Waals surface area (Å²) in [7, 11) is 0. The number of halogens is 4. The molecule has 2 N–H and O–H groups in total. The van der Waals surface area contributed by atoms with Gasteiger partial charge in [-0.3, -0.25) is 4.79 Å².